The number of esters is 2. The van der Waals surface area contributed by atoms with Gasteiger partial charge in [0.2, 0.25) is 0 Å². The van der Waals surface area contributed by atoms with Crippen LogP contribution in [-0.4, -0.2) is 50.2 Å². The van der Waals surface area contributed by atoms with Crippen LogP contribution in [0.2, 0.25) is 0 Å². The first-order valence-corrected chi connectivity index (χ1v) is 12.6. The number of rotatable bonds is 11. The van der Waals surface area contributed by atoms with Crippen molar-refractivity contribution in [1.82, 2.24) is 4.90 Å². The Balaban J connectivity index is 1.61. The van der Waals surface area contributed by atoms with Gasteiger partial charge in [0.15, 0.2) is 14.7 Å². The summed E-state index contributed by atoms with van der Waals surface area (Å²) in [5, 5.41) is 0. The Morgan fingerprint density at radius 2 is 1.24 bits per heavy atom. The summed E-state index contributed by atoms with van der Waals surface area (Å²) in [4.78, 5) is 29.1. The van der Waals surface area contributed by atoms with Gasteiger partial charge in [-0.1, -0.05) is 55.5 Å². The minimum Gasteiger partial charge on any atom is -0.465 e. The zero-order valence-corrected chi connectivity index (χ0v) is 20.8. The Labute approximate surface area is 205 Å². The molecule has 0 aromatic heterocycles. The van der Waals surface area contributed by atoms with Gasteiger partial charge in [0.1, 0.15) is 0 Å². The van der Waals surface area contributed by atoms with E-state index in [0.717, 1.165) is 5.56 Å². The Bertz CT molecular complexity index is 1000. The Morgan fingerprint density at radius 3 is 1.74 bits per heavy atom. The van der Waals surface area contributed by atoms with E-state index in [1.54, 1.807) is 18.9 Å². The second kappa shape index (κ2) is 13.0. The highest BCUT2D eigenvalue weighted by atomic mass is 32.2. The van der Waals surface area contributed by atoms with Crippen LogP contribution in [0.5, 0.6) is 0 Å². The normalized spacial score (nSPS) is 11.9. The molecule has 3 rings (SSSR count). The molecule has 0 bridgehead atoms. The molecule has 6 heteroatoms. The van der Waals surface area contributed by atoms with Gasteiger partial charge >= 0.3 is 11.9 Å². The summed E-state index contributed by atoms with van der Waals surface area (Å²) >= 11 is 0. The lowest BCUT2D eigenvalue weighted by Gasteiger charge is -2.17. The van der Waals surface area contributed by atoms with Gasteiger partial charge in [0, 0.05) is 5.92 Å². The quantitative estimate of drug-likeness (QED) is 0.289. The lowest BCUT2D eigenvalue weighted by molar-refractivity contribution is -0.148. The number of ether oxygens (including phenoxy) is 2. The van der Waals surface area contributed by atoms with E-state index < -0.39 is 0 Å². The number of hydrogen-bond acceptors (Lipinski definition) is 5. The first-order valence-electron chi connectivity index (χ1n) is 11.4. The minimum absolute atomic E-state index is 0.0431. The summed E-state index contributed by atoms with van der Waals surface area (Å²) in [5.41, 5.74) is 1.11. The average Bonchev–Trinajstić information content (AvgIpc) is 2.84. The average molecular weight is 479 g/mol. The first kappa shape index (κ1) is 25.5. The maximum Gasteiger partial charge on any atom is 0.320 e. The topological polar surface area (TPSA) is 55.8 Å². The lowest BCUT2D eigenvalue weighted by atomic mass is 10.0. The van der Waals surface area contributed by atoms with Gasteiger partial charge in [-0.05, 0) is 55.9 Å². The first-order chi connectivity index (χ1) is 16.5. The van der Waals surface area contributed by atoms with Gasteiger partial charge in [-0.2, -0.15) is 0 Å². The molecule has 0 saturated carbocycles. The van der Waals surface area contributed by atoms with E-state index >= 15 is 0 Å². The molecule has 0 N–H and O–H groups in total. The van der Waals surface area contributed by atoms with E-state index in [0.29, 0.717) is 6.61 Å². The Hall–Kier alpha value is -3.09. The summed E-state index contributed by atoms with van der Waals surface area (Å²) in [6.45, 7) is 4.51. The Kier molecular flexibility index (Phi) is 9.74. The van der Waals surface area contributed by atoms with Crippen molar-refractivity contribution in [2.45, 2.75) is 34.5 Å². The predicted octanol–water partition coefficient (Wildman–Crippen LogP) is 4.92. The highest BCUT2D eigenvalue weighted by molar-refractivity contribution is 7.97. The molecule has 34 heavy (non-hydrogen) atoms. The molecule has 0 spiro atoms. The highest BCUT2D eigenvalue weighted by Gasteiger charge is 2.28. The van der Waals surface area contributed by atoms with Crippen molar-refractivity contribution in [3.8, 4) is 0 Å². The van der Waals surface area contributed by atoms with Crippen LogP contribution in [0.25, 0.3) is 0 Å². The van der Waals surface area contributed by atoms with E-state index in [4.69, 9.17) is 9.47 Å². The maximum absolute atomic E-state index is 12.2. The van der Waals surface area contributed by atoms with Crippen LogP contribution < -0.4 is 0 Å². The number of hydrogen-bond donors (Lipinski definition) is 0. The summed E-state index contributed by atoms with van der Waals surface area (Å²) in [6, 6.07) is 29.6. The molecule has 0 saturated heterocycles. The summed E-state index contributed by atoms with van der Waals surface area (Å²) in [6.07, 6.45) is 0. The van der Waals surface area contributed by atoms with Crippen molar-refractivity contribution in [2.75, 3.05) is 33.4 Å². The molecule has 0 radical (unpaired) electrons. The molecule has 1 unspecified atom stereocenters. The number of nitrogens with zero attached hydrogens (tertiary/aromatic N) is 1. The zero-order chi connectivity index (χ0) is 24.3. The van der Waals surface area contributed by atoms with Crippen LogP contribution in [0.4, 0.5) is 0 Å². The van der Waals surface area contributed by atoms with Crippen molar-refractivity contribution < 1.29 is 19.1 Å². The van der Waals surface area contributed by atoms with Crippen molar-refractivity contribution in [1.29, 1.82) is 0 Å². The largest absolute Gasteiger partial charge is 0.465 e. The highest BCUT2D eigenvalue weighted by Crippen LogP contribution is 2.31. The lowest BCUT2D eigenvalue weighted by Crippen LogP contribution is -2.33. The molecule has 0 amide bonds. The van der Waals surface area contributed by atoms with Gasteiger partial charge in [0.25, 0.3) is 0 Å². The molecule has 1 atom stereocenters. The third-order valence-electron chi connectivity index (χ3n) is 5.24. The third-order valence-corrected chi connectivity index (χ3v) is 7.47. The van der Waals surface area contributed by atoms with Crippen molar-refractivity contribution in [2.24, 2.45) is 0 Å². The molecular formula is C28H32NO4S+. The molecule has 0 aliphatic rings. The molecular weight excluding hydrogens is 446 g/mol. The second-order valence-electron chi connectivity index (χ2n) is 8.06. The van der Waals surface area contributed by atoms with Crippen molar-refractivity contribution >= 4 is 22.8 Å². The summed E-state index contributed by atoms with van der Waals surface area (Å²) in [5.74, 6) is -0.648. The van der Waals surface area contributed by atoms with Gasteiger partial charge < -0.3 is 9.47 Å². The zero-order valence-electron chi connectivity index (χ0n) is 20.0. The monoisotopic (exact) mass is 478 g/mol. The fourth-order valence-corrected chi connectivity index (χ4v) is 5.60. The maximum atomic E-state index is 12.2. The third kappa shape index (κ3) is 7.47. The van der Waals surface area contributed by atoms with Gasteiger partial charge in [-0.25, -0.2) is 0 Å². The van der Waals surface area contributed by atoms with Gasteiger partial charge in [-0.3, -0.25) is 14.5 Å². The van der Waals surface area contributed by atoms with Crippen molar-refractivity contribution in [3.05, 3.63) is 90.5 Å². The molecule has 0 aliphatic carbocycles. The predicted molar refractivity (Wildman–Crippen MR) is 135 cm³/mol. The molecule has 0 aliphatic heterocycles. The smallest absolute Gasteiger partial charge is 0.320 e. The van der Waals surface area contributed by atoms with Crippen molar-refractivity contribution in [3.63, 3.8) is 0 Å². The van der Waals surface area contributed by atoms with Crippen LogP contribution >= 0.6 is 0 Å². The molecule has 5 nitrogen and oxygen atoms in total. The summed E-state index contributed by atoms with van der Waals surface area (Å²) < 4.78 is 10.4. The Morgan fingerprint density at radius 1 is 0.765 bits per heavy atom. The minimum atomic E-state index is -0.357. The van der Waals surface area contributed by atoms with E-state index in [1.165, 1.54) is 14.7 Å². The number of benzene rings is 3. The number of likely N-dealkylation sites (N-methyl/N-ethyl adjacent to an activating group) is 1. The van der Waals surface area contributed by atoms with Crippen LogP contribution in [0.3, 0.4) is 0 Å². The second-order valence-corrected chi connectivity index (χ2v) is 10.1. The fraction of sp³-hybridized carbons (Fsp3) is 0.286. The van der Waals surface area contributed by atoms with Crippen LogP contribution in [0.15, 0.2) is 99.6 Å². The van der Waals surface area contributed by atoms with Crippen LogP contribution in [-0.2, 0) is 30.0 Å². The SMILES string of the molecule is CCOC(=O)CN(C)CC(=O)OCC(C)c1ccc([S+](c2ccccc2)c2ccccc2)cc1. The van der Waals surface area contributed by atoms with E-state index in [-0.39, 0.29) is 48.4 Å². The van der Waals surface area contributed by atoms with E-state index in [9.17, 15) is 9.59 Å². The number of carbonyl (C=O) groups is 2. The summed E-state index contributed by atoms with van der Waals surface area (Å²) in [7, 11) is 1.50. The fourth-order valence-electron chi connectivity index (χ4n) is 3.52. The standard InChI is InChI=1S/C28H32NO4S/c1-4-32-27(30)19-29(3)20-28(31)33-21-22(2)23-15-17-26(18-16-23)34(24-11-7-5-8-12-24)25-13-9-6-10-14-25/h5-18,22H,4,19-21H2,1-3H3/q+1. The van der Waals surface area contributed by atoms with E-state index in [1.807, 2.05) is 19.1 Å². The van der Waals surface area contributed by atoms with Crippen LogP contribution in [0.1, 0.15) is 25.3 Å². The van der Waals surface area contributed by atoms with Crippen LogP contribution in [0, 0.1) is 0 Å². The molecule has 3 aromatic rings. The van der Waals surface area contributed by atoms with Gasteiger partial charge in [-0.15, -0.1) is 0 Å². The molecule has 178 valence electrons. The van der Waals surface area contributed by atoms with Gasteiger partial charge in [0.05, 0.1) is 37.2 Å². The number of carbonyl (C=O) groups excluding carboxylic acids is 2. The molecule has 0 heterocycles. The molecule has 0 fully saturated rings. The molecule has 3 aromatic carbocycles. The van der Waals surface area contributed by atoms with E-state index in [2.05, 4.69) is 72.8 Å².